The number of aromatic nitrogens is 2. The lowest BCUT2D eigenvalue weighted by molar-refractivity contribution is -0.136. The number of carbonyl (C=O) groups is 1. The maximum absolute atomic E-state index is 10.6. The second-order valence-electron chi connectivity index (χ2n) is 4.10. The highest BCUT2D eigenvalue weighted by atomic mass is 79.9. The highest BCUT2D eigenvalue weighted by Crippen LogP contribution is 2.28. The van der Waals surface area contributed by atoms with E-state index in [4.69, 9.17) is 5.11 Å². The Labute approximate surface area is 120 Å². The van der Waals surface area contributed by atoms with Gasteiger partial charge in [0.2, 0.25) is 0 Å². The van der Waals surface area contributed by atoms with Crippen molar-refractivity contribution < 1.29 is 9.90 Å². The van der Waals surface area contributed by atoms with Crippen LogP contribution in [0.25, 0.3) is 0 Å². The van der Waals surface area contributed by atoms with Crippen LogP contribution in [0.2, 0.25) is 0 Å². The summed E-state index contributed by atoms with van der Waals surface area (Å²) in [6.45, 7) is 6.92. The lowest BCUT2D eigenvalue weighted by Crippen LogP contribution is -2.08. The number of carboxylic acid groups (broad SMARTS) is 1. The number of thioether (sulfide) groups is 1. The first kappa shape index (κ1) is 15.6. The van der Waals surface area contributed by atoms with Gasteiger partial charge in [0.15, 0.2) is 0 Å². The van der Waals surface area contributed by atoms with E-state index in [1.807, 2.05) is 11.6 Å². The van der Waals surface area contributed by atoms with Crippen molar-refractivity contribution in [3.8, 4) is 0 Å². The van der Waals surface area contributed by atoms with Crippen LogP contribution in [0.3, 0.4) is 0 Å². The molecule has 0 aliphatic rings. The number of carboxylic acids is 1. The van der Waals surface area contributed by atoms with Crippen LogP contribution in [0, 0.1) is 0 Å². The Hall–Kier alpha value is -0.490. The van der Waals surface area contributed by atoms with Gasteiger partial charge in [0.05, 0.1) is 22.3 Å². The summed E-state index contributed by atoms with van der Waals surface area (Å²) in [7, 11) is 0. The third kappa shape index (κ3) is 4.02. The molecular formula is C12H19BrN2O2S. The van der Waals surface area contributed by atoms with Crippen molar-refractivity contribution in [1.29, 1.82) is 0 Å². The molecule has 0 saturated carbocycles. The second-order valence-corrected chi connectivity index (χ2v) is 6.32. The first-order chi connectivity index (χ1) is 8.49. The molecule has 0 spiro atoms. The normalized spacial score (nSPS) is 12.7. The van der Waals surface area contributed by atoms with Gasteiger partial charge in [-0.05, 0) is 29.3 Å². The van der Waals surface area contributed by atoms with Crippen molar-refractivity contribution in [2.75, 3.05) is 0 Å². The summed E-state index contributed by atoms with van der Waals surface area (Å²) in [6, 6.07) is 0. The van der Waals surface area contributed by atoms with Crippen molar-refractivity contribution in [3.05, 3.63) is 15.9 Å². The van der Waals surface area contributed by atoms with E-state index < -0.39 is 5.97 Å². The van der Waals surface area contributed by atoms with Gasteiger partial charge in [0.25, 0.3) is 0 Å². The van der Waals surface area contributed by atoms with Gasteiger partial charge in [-0.15, -0.1) is 0 Å². The molecule has 1 aromatic rings. The molecule has 0 aromatic carbocycles. The third-order valence-corrected chi connectivity index (χ3v) is 4.75. The van der Waals surface area contributed by atoms with E-state index in [-0.39, 0.29) is 11.7 Å². The Balaban J connectivity index is 2.71. The maximum atomic E-state index is 10.6. The minimum absolute atomic E-state index is 0.111. The molecule has 0 saturated heterocycles. The smallest absolute Gasteiger partial charge is 0.304 e. The zero-order valence-corrected chi connectivity index (χ0v) is 13.3. The van der Waals surface area contributed by atoms with Crippen LogP contribution in [0.1, 0.15) is 38.6 Å². The highest BCUT2D eigenvalue weighted by molar-refractivity contribution is 9.10. The molecule has 1 rings (SSSR count). The Morgan fingerprint density at radius 1 is 1.56 bits per heavy atom. The fourth-order valence-electron chi connectivity index (χ4n) is 1.68. The summed E-state index contributed by atoms with van der Waals surface area (Å²) in [5.41, 5.74) is 2.22. The predicted molar refractivity (Wildman–Crippen MR) is 78.0 cm³/mol. The van der Waals surface area contributed by atoms with Gasteiger partial charge in [0.1, 0.15) is 0 Å². The van der Waals surface area contributed by atoms with Gasteiger partial charge in [-0.1, -0.05) is 13.8 Å². The standard InChI is InChI=1S/C12H19BrN2O2S/c1-4-9-12(13)10(15(5-2)14-9)7-18-8(3)6-11(16)17/h8H,4-7H2,1-3H3,(H,16,17). The number of halogens is 1. The minimum atomic E-state index is -0.743. The molecule has 0 aliphatic heterocycles. The van der Waals surface area contributed by atoms with Crippen molar-refractivity contribution in [1.82, 2.24) is 9.78 Å². The van der Waals surface area contributed by atoms with E-state index in [0.29, 0.717) is 0 Å². The van der Waals surface area contributed by atoms with Crippen molar-refractivity contribution in [2.24, 2.45) is 0 Å². The predicted octanol–water partition coefficient (Wildman–Crippen LogP) is 3.32. The molecule has 0 aliphatic carbocycles. The number of hydrogen-bond acceptors (Lipinski definition) is 3. The van der Waals surface area contributed by atoms with E-state index in [9.17, 15) is 4.79 Å². The first-order valence-electron chi connectivity index (χ1n) is 6.07. The second kappa shape index (κ2) is 7.19. The summed E-state index contributed by atoms with van der Waals surface area (Å²) < 4.78 is 3.06. The molecule has 0 fully saturated rings. The molecule has 102 valence electrons. The molecule has 18 heavy (non-hydrogen) atoms. The number of aryl methyl sites for hydroxylation is 2. The Bertz CT molecular complexity index is 420. The van der Waals surface area contributed by atoms with Crippen LogP contribution in [-0.4, -0.2) is 26.1 Å². The zero-order valence-electron chi connectivity index (χ0n) is 10.9. The number of rotatable bonds is 7. The van der Waals surface area contributed by atoms with E-state index in [1.165, 1.54) is 0 Å². The quantitative estimate of drug-likeness (QED) is 0.830. The molecule has 1 atom stereocenters. The largest absolute Gasteiger partial charge is 0.481 e. The van der Waals surface area contributed by atoms with Crippen LogP contribution in [0.15, 0.2) is 4.47 Å². The van der Waals surface area contributed by atoms with Crippen LogP contribution in [-0.2, 0) is 23.5 Å². The maximum Gasteiger partial charge on any atom is 0.304 e. The molecule has 1 unspecified atom stereocenters. The Kier molecular flexibility index (Phi) is 6.21. The molecular weight excluding hydrogens is 316 g/mol. The zero-order chi connectivity index (χ0) is 13.7. The Morgan fingerprint density at radius 3 is 2.72 bits per heavy atom. The van der Waals surface area contributed by atoms with Crippen molar-refractivity contribution in [2.45, 2.75) is 51.2 Å². The van der Waals surface area contributed by atoms with Gasteiger partial charge in [0, 0.05) is 17.5 Å². The molecule has 1 heterocycles. The molecule has 0 radical (unpaired) electrons. The lowest BCUT2D eigenvalue weighted by atomic mass is 10.3. The highest BCUT2D eigenvalue weighted by Gasteiger charge is 2.16. The summed E-state index contributed by atoms with van der Waals surface area (Å²) in [5, 5.41) is 13.4. The SMILES string of the molecule is CCc1nn(CC)c(CSC(C)CC(=O)O)c1Br. The summed E-state index contributed by atoms with van der Waals surface area (Å²) in [5.74, 6) is 0.0443. The molecule has 1 N–H and O–H groups in total. The first-order valence-corrected chi connectivity index (χ1v) is 7.91. The van der Waals surface area contributed by atoms with E-state index in [0.717, 1.165) is 34.6 Å². The lowest BCUT2D eigenvalue weighted by Gasteiger charge is -2.10. The average molecular weight is 335 g/mol. The van der Waals surface area contributed by atoms with Crippen LogP contribution < -0.4 is 0 Å². The molecule has 0 amide bonds. The average Bonchev–Trinajstić information content (AvgIpc) is 2.62. The van der Waals surface area contributed by atoms with Gasteiger partial charge in [-0.3, -0.25) is 9.48 Å². The Morgan fingerprint density at radius 2 is 2.22 bits per heavy atom. The monoisotopic (exact) mass is 334 g/mol. The van der Waals surface area contributed by atoms with Crippen LogP contribution >= 0.6 is 27.7 Å². The van der Waals surface area contributed by atoms with Crippen molar-refractivity contribution >= 4 is 33.7 Å². The number of aliphatic carboxylic acids is 1. The van der Waals surface area contributed by atoms with E-state index >= 15 is 0 Å². The summed E-state index contributed by atoms with van der Waals surface area (Å²) in [4.78, 5) is 10.6. The van der Waals surface area contributed by atoms with E-state index in [1.54, 1.807) is 11.8 Å². The van der Waals surface area contributed by atoms with E-state index in [2.05, 4.69) is 34.9 Å². The van der Waals surface area contributed by atoms with Gasteiger partial charge >= 0.3 is 5.97 Å². The molecule has 1 aromatic heterocycles. The molecule has 6 heteroatoms. The minimum Gasteiger partial charge on any atom is -0.481 e. The van der Waals surface area contributed by atoms with Gasteiger partial charge < -0.3 is 5.11 Å². The fraction of sp³-hybridized carbons (Fsp3) is 0.667. The summed E-state index contributed by atoms with van der Waals surface area (Å²) in [6.07, 6.45) is 1.10. The van der Waals surface area contributed by atoms with Crippen LogP contribution in [0.5, 0.6) is 0 Å². The number of hydrogen-bond donors (Lipinski definition) is 1. The molecule has 4 nitrogen and oxygen atoms in total. The van der Waals surface area contributed by atoms with Gasteiger partial charge in [-0.25, -0.2) is 0 Å². The third-order valence-electron chi connectivity index (χ3n) is 2.66. The topological polar surface area (TPSA) is 55.1 Å². The van der Waals surface area contributed by atoms with Gasteiger partial charge in [-0.2, -0.15) is 16.9 Å². The molecule has 0 bridgehead atoms. The fourth-order valence-corrected chi connectivity index (χ4v) is 3.57. The summed E-state index contributed by atoms with van der Waals surface area (Å²) >= 11 is 5.24. The number of nitrogens with zero attached hydrogens (tertiary/aromatic N) is 2. The van der Waals surface area contributed by atoms with Crippen molar-refractivity contribution in [3.63, 3.8) is 0 Å². The van der Waals surface area contributed by atoms with Crippen LogP contribution in [0.4, 0.5) is 0 Å².